The fraction of sp³-hybridized carbons (Fsp3) is 0.364. The third kappa shape index (κ3) is 3.61. The predicted octanol–water partition coefficient (Wildman–Crippen LogP) is 4.90. The molecular weight excluding hydrogens is 384 g/mol. The lowest BCUT2D eigenvalue weighted by Gasteiger charge is -1.97. The summed E-state index contributed by atoms with van der Waals surface area (Å²) in [6.45, 7) is 4.07. The smallest absolute Gasteiger partial charge is 0.133 e. The van der Waals surface area contributed by atoms with Crippen molar-refractivity contribution in [3.8, 4) is 9.88 Å². The van der Waals surface area contributed by atoms with Gasteiger partial charge in [0.1, 0.15) is 5.01 Å². The SMILES string of the molecule is CCCNCc1csc(-c2cc(Br)c(Br)s2)n1. The van der Waals surface area contributed by atoms with Crippen molar-refractivity contribution in [2.24, 2.45) is 0 Å². The molecule has 1 N–H and O–H groups in total. The molecule has 2 aromatic rings. The first-order valence-corrected chi connectivity index (χ1v) is 8.59. The lowest BCUT2D eigenvalue weighted by atomic mass is 10.4. The number of hydrogen-bond donors (Lipinski definition) is 1. The first-order chi connectivity index (χ1) is 8.20. The van der Waals surface area contributed by atoms with Crippen LogP contribution in [0.25, 0.3) is 9.88 Å². The Hall–Kier alpha value is 0.250. The van der Waals surface area contributed by atoms with E-state index in [2.05, 4.69) is 60.5 Å². The second-order valence-corrected chi connectivity index (χ2v) is 7.64. The number of nitrogens with zero attached hydrogens (tertiary/aromatic N) is 1. The van der Waals surface area contributed by atoms with Crippen molar-refractivity contribution in [3.05, 3.63) is 25.4 Å². The summed E-state index contributed by atoms with van der Waals surface area (Å²) in [7, 11) is 0. The molecule has 17 heavy (non-hydrogen) atoms. The maximum Gasteiger partial charge on any atom is 0.133 e. The number of halogens is 2. The standard InChI is InChI=1S/C11H12Br2N2S2/c1-2-3-14-5-7-6-16-11(15-7)9-4-8(12)10(13)17-9/h4,6,14H,2-3,5H2,1H3. The number of thiazole rings is 1. The molecule has 0 radical (unpaired) electrons. The Kier molecular flexibility index (Phi) is 5.17. The fourth-order valence-electron chi connectivity index (χ4n) is 1.35. The molecule has 0 amide bonds. The molecule has 0 unspecified atom stereocenters. The average molecular weight is 396 g/mol. The van der Waals surface area contributed by atoms with Gasteiger partial charge in [-0.15, -0.1) is 22.7 Å². The highest BCUT2D eigenvalue weighted by atomic mass is 79.9. The molecule has 0 aliphatic carbocycles. The highest BCUT2D eigenvalue weighted by Gasteiger charge is 2.10. The molecule has 6 heteroatoms. The maximum atomic E-state index is 4.63. The normalized spacial score (nSPS) is 11.0. The summed E-state index contributed by atoms with van der Waals surface area (Å²) in [6, 6.07) is 2.11. The molecule has 0 bridgehead atoms. The zero-order chi connectivity index (χ0) is 12.3. The molecule has 0 saturated carbocycles. The van der Waals surface area contributed by atoms with Crippen molar-refractivity contribution in [3.63, 3.8) is 0 Å². The van der Waals surface area contributed by atoms with Gasteiger partial charge in [0.25, 0.3) is 0 Å². The van der Waals surface area contributed by atoms with Gasteiger partial charge in [-0.05, 0) is 50.9 Å². The Labute approximate surface area is 126 Å². The lowest BCUT2D eigenvalue weighted by molar-refractivity contribution is 0.667. The van der Waals surface area contributed by atoms with Crippen molar-refractivity contribution < 1.29 is 0 Å². The summed E-state index contributed by atoms with van der Waals surface area (Å²) in [4.78, 5) is 5.84. The van der Waals surface area contributed by atoms with Crippen LogP contribution in [0.2, 0.25) is 0 Å². The van der Waals surface area contributed by atoms with Gasteiger partial charge in [0, 0.05) is 16.4 Å². The summed E-state index contributed by atoms with van der Waals surface area (Å²) in [6.07, 6.45) is 1.15. The molecule has 0 spiro atoms. The van der Waals surface area contributed by atoms with Gasteiger partial charge in [0.05, 0.1) is 14.4 Å². The van der Waals surface area contributed by atoms with Gasteiger partial charge in [-0.1, -0.05) is 6.92 Å². The van der Waals surface area contributed by atoms with E-state index in [1.54, 1.807) is 22.7 Å². The Morgan fingerprint density at radius 3 is 2.88 bits per heavy atom. The van der Waals surface area contributed by atoms with Crippen molar-refractivity contribution in [1.82, 2.24) is 10.3 Å². The van der Waals surface area contributed by atoms with Crippen LogP contribution in [0.3, 0.4) is 0 Å². The molecule has 2 nitrogen and oxygen atoms in total. The third-order valence-electron chi connectivity index (χ3n) is 2.14. The van der Waals surface area contributed by atoms with E-state index in [1.807, 2.05) is 0 Å². The number of hydrogen-bond acceptors (Lipinski definition) is 4. The highest BCUT2D eigenvalue weighted by Crippen LogP contribution is 2.39. The van der Waals surface area contributed by atoms with E-state index in [4.69, 9.17) is 0 Å². The largest absolute Gasteiger partial charge is 0.311 e. The molecule has 92 valence electrons. The first-order valence-electron chi connectivity index (χ1n) is 5.31. The van der Waals surface area contributed by atoms with Crippen LogP contribution < -0.4 is 5.32 Å². The van der Waals surface area contributed by atoms with Crippen molar-refractivity contribution in [2.45, 2.75) is 19.9 Å². The molecule has 0 aliphatic rings. The molecular formula is C11H12Br2N2S2. The van der Waals surface area contributed by atoms with Crippen LogP contribution in [0, 0.1) is 0 Å². The molecule has 2 heterocycles. The topological polar surface area (TPSA) is 24.9 Å². The predicted molar refractivity (Wildman–Crippen MR) is 82.8 cm³/mol. The van der Waals surface area contributed by atoms with Crippen LogP contribution in [-0.2, 0) is 6.54 Å². The Morgan fingerprint density at radius 1 is 1.41 bits per heavy atom. The zero-order valence-corrected chi connectivity index (χ0v) is 14.1. The molecule has 2 rings (SSSR count). The van der Waals surface area contributed by atoms with Crippen LogP contribution in [0.4, 0.5) is 0 Å². The molecule has 2 aromatic heterocycles. The van der Waals surface area contributed by atoms with E-state index in [0.29, 0.717) is 0 Å². The lowest BCUT2D eigenvalue weighted by Crippen LogP contribution is -2.13. The summed E-state index contributed by atoms with van der Waals surface area (Å²) in [5, 5.41) is 6.58. The van der Waals surface area contributed by atoms with E-state index < -0.39 is 0 Å². The summed E-state index contributed by atoms with van der Waals surface area (Å²) >= 11 is 10.4. The average Bonchev–Trinajstić information content (AvgIpc) is 2.88. The summed E-state index contributed by atoms with van der Waals surface area (Å²) < 4.78 is 2.21. The van der Waals surface area contributed by atoms with E-state index in [9.17, 15) is 0 Å². The first kappa shape index (κ1) is 13.7. The van der Waals surface area contributed by atoms with Crippen LogP contribution in [-0.4, -0.2) is 11.5 Å². The van der Waals surface area contributed by atoms with Gasteiger partial charge in [-0.2, -0.15) is 0 Å². The van der Waals surface area contributed by atoms with Gasteiger partial charge in [-0.3, -0.25) is 0 Å². The second kappa shape index (κ2) is 6.43. The van der Waals surface area contributed by atoms with Crippen LogP contribution >= 0.6 is 54.5 Å². The van der Waals surface area contributed by atoms with Crippen molar-refractivity contribution in [2.75, 3.05) is 6.54 Å². The zero-order valence-electron chi connectivity index (χ0n) is 9.30. The van der Waals surface area contributed by atoms with Gasteiger partial charge in [0.2, 0.25) is 0 Å². The summed E-state index contributed by atoms with van der Waals surface area (Å²) in [5.41, 5.74) is 1.12. The molecule has 0 aromatic carbocycles. The van der Waals surface area contributed by atoms with Gasteiger partial charge < -0.3 is 5.32 Å². The van der Waals surface area contributed by atoms with Crippen LogP contribution in [0.15, 0.2) is 19.7 Å². The number of rotatable bonds is 5. The van der Waals surface area contributed by atoms with Gasteiger partial charge in [-0.25, -0.2) is 4.98 Å². The van der Waals surface area contributed by atoms with E-state index in [0.717, 1.165) is 38.5 Å². The Balaban J connectivity index is 2.07. The van der Waals surface area contributed by atoms with E-state index in [1.165, 1.54) is 4.88 Å². The third-order valence-corrected chi connectivity index (χ3v) is 6.46. The van der Waals surface area contributed by atoms with E-state index >= 15 is 0 Å². The minimum absolute atomic E-state index is 0.859. The Morgan fingerprint density at radius 2 is 2.24 bits per heavy atom. The molecule has 0 atom stereocenters. The molecule has 0 fully saturated rings. The summed E-state index contributed by atoms with van der Waals surface area (Å²) in [5.74, 6) is 0. The highest BCUT2D eigenvalue weighted by molar-refractivity contribution is 9.13. The molecule has 0 saturated heterocycles. The van der Waals surface area contributed by atoms with E-state index in [-0.39, 0.29) is 0 Å². The van der Waals surface area contributed by atoms with Crippen molar-refractivity contribution >= 4 is 54.5 Å². The fourth-order valence-corrected chi connectivity index (χ4v) is 4.26. The maximum absolute atomic E-state index is 4.63. The minimum atomic E-state index is 0.859. The van der Waals surface area contributed by atoms with Gasteiger partial charge in [0.15, 0.2) is 0 Å². The van der Waals surface area contributed by atoms with Crippen LogP contribution in [0.1, 0.15) is 19.0 Å². The number of thiophene rings is 1. The Bertz CT molecular complexity index is 474. The monoisotopic (exact) mass is 394 g/mol. The second-order valence-electron chi connectivity index (χ2n) is 3.55. The van der Waals surface area contributed by atoms with Crippen molar-refractivity contribution in [1.29, 1.82) is 0 Å². The minimum Gasteiger partial charge on any atom is -0.311 e. The number of aromatic nitrogens is 1. The quantitative estimate of drug-likeness (QED) is 0.728. The number of nitrogens with one attached hydrogen (secondary N) is 1. The van der Waals surface area contributed by atoms with Gasteiger partial charge >= 0.3 is 0 Å². The van der Waals surface area contributed by atoms with Crippen LogP contribution in [0.5, 0.6) is 0 Å². The molecule has 0 aliphatic heterocycles.